The number of nitrogens with zero attached hydrogens (tertiary/aromatic N) is 2. The monoisotopic (exact) mass is 392 g/mol. The van der Waals surface area contributed by atoms with Gasteiger partial charge in [-0.1, -0.05) is 42.8 Å². The molecule has 0 fully saturated rings. The van der Waals surface area contributed by atoms with Crippen LogP contribution in [0.4, 0.5) is 0 Å². The van der Waals surface area contributed by atoms with E-state index >= 15 is 0 Å². The number of halogens is 1. The van der Waals surface area contributed by atoms with Crippen molar-refractivity contribution in [2.24, 2.45) is 0 Å². The van der Waals surface area contributed by atoms with Crippen molar-refractivity contribution in [2.45, 2.75) is 33.7 Å². The third-order valence-electron chi connectivity index (χ3n) is 4.73. The largest absolute Gasteiger partial charge is 0.422 e. The van der Waals surface area contributed by atoms with Crippen LogP contribution in [0.25, 0.3) is 16.8 Å². The van der Waals surface area contributed by atoms with Gasteiger partial charge in [0.05, 0.1) is 0 Å². The van der Waals surface area contributed by atoms with Gasteiger partial charge >= 0.3 is 5.97 Å². The summed E-state index contributed by atoms with van der Waals surface area (Å²) in [6.45, 7) is 7.02. The van der Waals surface area contributed by atoms with Gasteiger partial charge in [-0.3, -0.25) is 0 Å². The molecule has 4 nitrogen and oxygen atoms in total. The van der Waals surface area contributed by atoms with Crippen molar-refractivity contribution in [1.29, 1.82) is 5.26 Å². The lowest BCUT2D eigenvalue weighted by molar-refractivity contribution is -0.129. The molecule has 0 aliphatic heterocycles. The van der Waals surface area contributed by atoms with Gasteiger partial charge in [-0.05, 0) is 50.1 Å². The van der Waals surface area contributed by atoms with E-state index in [-0.39, 0.29) is 5.57 Å². The average Bonchev–Trinajstić information content (AvgIpc) is 2.96. The highest BCUT2D eigenvalue weighted by molar-refractivity contribution is 6.35. The maximum Gasteiger partial charge on any atom is 0.354 e. The first-order chi connectivity index (χ1) is 13.5. The Kier molecular flexibility index (Phi) is 5.87. The fraction of sp³-hybridized carbons (Fsp3) is 0.217. The third-order valence-corrected chi connectivity index (χ3v) is 5.06. The van der Waals surface area contributed by atoms with Gasteiger partial charge in [0.15, 0.2) is 0 Å². The number of aromatic nitrogens is 1. The lowest BCUT2D eigenvalue weighted by Crippen LogP contribution is -2.10. The molecule has 28 heavy (non-hydrogen) atoms. The van der Waals surface area contributed by atoms with Crippen LogP contribution in [0.15, 0.2) is 48.0 Å². The highest BCUT2D eigenvalue weighted by Crippen LogP contribution is 2.31. The van der Waals surface area contributed by atoms with Gasteiger partial charge < -0.3 is 9.30 Å². The topological polar surface area (TPSA) is 55.0 Å². The molecular weight excluding hydrogens is 372 g/mol. The van der Waals surface area contributed by atoms with Crippen LogP contribution in [0.1, 0.15) is 30.3 Å². The number of hydrogen-bond acceptors (Lipinski definition) is 3. The number of ether oxygens (including phenoxy) is 1. The predicted molar refractivity (Wildman–Crippen MR) is 112 cm³/mol. The van der Waals surface area contributed by atoms with E-state index < -0.39 is 5.97 Å². The number of fused-ring (bicyclic) bond motifs is 1. The SMILES string of the molecule is CCCn1c(C)cc(/C=C(\C#N)C(=O)Oc2ccc(Cl)c3ccccc23)c1C. The molecule has 2 aromatic carbocycles. The first kappa shape index (κ1) is 19.7. The zero-order valence-electron chi connectivity index (χ0n) is 16.1. The number of rotatable bonds is 5. The molecule has 0 N–H and O–H groups in total. The van der Waals surface area contributed by atoms with Gasteiger partial charge in [0.25, 0.3) is 0 Å². The van der Waals surface area contributed by atoms with Crippen LogP contribution in [0.3, 0.4) is 0 Å². The fourth-order valence-electron chi connectivity index (χ4n) is 3.31. The van der Waals surface area contributed by atoms with Crippen LogP contribution < -0.4 is 4.74 Å². The quantitative estimate of drug-likeness (QED) is 0.237. The lowest BCUT2D eigenvalue weighted by Gasteiger charge is -2.09. The number of nitriles is 1. The summed E-state index contributed by atoms with van der Waals surface area (Å²) in [7, 11) is 0. The maximum atomic E-state index is 12.7. The molecule has 0 atom stereocenters. The standard InChI is InChI=1S/C23H21ClN2O2/c1-4-11-26-15(2)12-17(16(26)3)13-18(14-25)23(27)28-22-10-9-21(24)19-7-5-6-8-20(19)22/h5-10,12-13H,4,11H2,1-3H3/b18-13+. The van der Waals surface area contributed by atoms with Gasteiger partial charge in [-0.15, -0.1) is 0 Å². The molecule has 3 aromatic rings. The Balaban J connectivity index is 1.94. The van der Waals surface area contributed by atoms with Crippen molar-refractivity contribution >= 4 is 34.4 Å². The molecule has 0 bridgehead atoms. The molecule has 0 aliphatic carbocycles. The van der Waals surface area contributed by atoms with E-state index in [0.29, 0.717) is 10.8 Å². The van der Waals surface area contributed by atoms with Gasteiger partial charge in [0.2, 0.25) is 0 Å². The van der Waals surface area contributed by atoms with Crippen molar-refractivity contribution in [3.8, 4) is 11.8 Å². The lowest BCUT2D eigenvalue weighted by atomic mass is 10.1. The Labute approximate surface area is 169 Å². The van der Waals surface area contributed by atoms with Crippen LogP contribution >= 0.6 is 11.6 Å². The molecule has 0 saturated carbocycles. The van der Waals surface area contributed by atoms with Crippen LogP contribution in [0, 0.1) is 25.2 Å². The Morgan fingerprint density at radius 3 is 2.61 bits per heavy atom. The molecule has 0 amide bonds. The van der Waals surface area contributed by atoms with E-state index in [4.69, 9.17) is 16.3 Å². The van der Waals surface area contributed by atoms with Crippen molar-refractivity contribution in [1.82, 2.24) is 4.57 Å². The van der Waals surface area contributed by atoms with Gasteiger partial charge in [0.1, 0.15) is 17.4 Å². The normalized spacial score (nSPS) is 11.5. The Bertz CT molecular complexity index is 1120. The van der Waals surface area contributed by atoms with Crippen LogP contribution in [-0.2, 0) is 11.3 Å². The summed E-state index contributed by atoms with van der Waals surface area (Å²) in [5, 5.41) is 11.6. The van der Waals surface area contributed by atoms with Crippen LogP contribution in [0.2, 0.25) is 5.02 Å². The minimum atomic E-state index is -0.685. The van der Waals surface area contributed by atoms with E-state index in [1.165, 1.54) is 0 Å². The first-order valence-corrected chi connectivity index (χ1v) is 9.52. The molecule has 3 rings (SSSR count). The summed E-state index contributed by atoms with van der Waals surface area (Å²) in [5.74, 6) is -0.308. The van der Waals surface area contributed by atoms with Crippen LogP contribution in [0.5, 0.6) is 5.75 Å². The number of carbonyl (C=O) groups excluding carboxylic acids is 1. The molecular formula is C23H21ClN2O2. The number of benzene rings is 2. The second-order valence-electron chi connectivity index (χ2n) is 6.63. The zero-order valence-corrected chi connectivity index (χ0v) is 16.9. The summed E-state index contributed by atoms with van der Waals surface area (Å²) < 4.78 is 7.72. The molecule has 0 aliphatic rings. The second-order valence-corrected chi connectivity index (χ2v) is 7.04. The van der Waals surface area contributed by atoms with Crippen molar-refractivity contribution < 1.29 is 9.53 Å². The van der Waals surface area contributed by atoms with E-state index in [2.05, 4.69) is 11.5 Å². The van der Waals surface area contributed by atoms with Crippen molar-refractivity contribution in [3.05, 3.63) is 70.0 Å². The molecule has 142 valence electrons. The minimum absolute atomic E-state index is 0.0456. The number of carbonyl (C=O) groups is 1. The smallest absolute Gasteiger partial charge is 0.354 e. The van der Waals surface area contributed by atoms with Crippen molar-refractivity contribution in [3.63, 3.8) is 0 Å². The molecule has 5 heteroatoms. The number of hydrogen-bond donors (Lipinski definition) is 0. The third kappa shape index (κ3) is 3.81. The summed E-state index contributed by atoms with van der Waals surface area (Å²) in [6, 6.07) is 14.7. The van der Waals surface area contributed by atoms with E-state index in [1.54, 1.807) is 18.2 Å². The van der Waals surface area contributed by atoms with Gasteiger partial charge in [-0.25, -0.2) is 4.79 Å². The Hall–Kier alpha value is -3.03. The van der Waals surface area contributed by atoms with E-state index in [9.17, 15) is 10.1 Å². The molecule has 1 heterocycles. The van der Waals surface area contributed by atoms with Gasteiger partial charge in [-0.2, -0.15) is 5.26 Å². The zero-order chi connectivity index (χ0) is 20.3. The van der Waals surface area contributed by atoms with E-state index in [1.807, 2.05) is 50.2 Å². The Morgan fingerprint density at radius 1 is 1.21 bits per heavy atom. The van der Waals surface area contributed by atoms with Crippen LogP contribution in [-0.4, -0.2) is 10.5 Å². The fourth-order valence-corrected chi connectivity index (χ4v) is 3.54. The predicted octanol–water partition coefficient (Wildman–Crippen LogP) is 5.83. The molecule has 1 aromatic heterocycles. The summed E-state index contributed by atoms with van der Waals surface area (Å²) in [4.78, 5) is 12.7. The minimum Gasteiger partial charge on any atom is -0.422 e. The first-order valence-electron chi connectivity index (χ1n) is 9.14. The molecule has 0 saturated heterocycles. The second kappa shape index (κ2) is 8.33. The molecule has 0 unspecified atom stereocenters. The maximum absolute atomic E-state index is 12.7. The van der Waals surface area contributed by atoms with Gasteiger partial charge in [0, 0.05) is 33.7 Å². The molecule has 0 radical (unpaired) electrons. The highest BCUT2D eigenvalue weighted by Gasteiger charge is 2.16. The molecule has 0 spiro atoms. The number of esters is 1. The summed E-state index contributed by atoms with van der Waals surface area (Å²) in [6.07, 6.45) is 2.60. The highest BCUT2D eigenvalue weighted by atomic mass is 35.5. The number of aryl methyl sites for hydroxylation is 1. The van der Waals surface area contributed by atoms with E-state index in [0.717, 1.165) is 40.7 Å². The summed E-state index contributed by atoms with van der Waals surface area (Å²) in [5.41, 5.74) is 2.92. The average molecular weight is 393 g/mol. The van der Waals surface area contributed by atoms with Crippen molar-refractivity contribution in [2.75, 3.05) is 0 Å². The Morgan fingerprint density at radius 2 is 1.93 bits per heavy atom. The summed E-state index contributed by atoms with van der Waals surface area (Å²) >= 11 is 6.22.